The van der Waals surface area contributed by atoms with Crippen molar-refractivity contribution >= 4 is 0 Å². The predicted molar refractivity (Wildman–Crippen MR) is 107 cm³/mol. The first-order valence-electron chi connectivity index (χ1n) is 9.60. The molecule has 2 aromatic carbocycles. The Labute approximate surface area is 177 Å². The molecule has 162 valence electrons. The molecule has 31 heavy (non-hydrogen) atoms. The molecule has 6 nitrogen and oxygen atoms in total. The lowest BCUT2D eigenvalue weighted by atomic mass is 10.0. The Morgan fingerprint density at radius 2 is 1.84 bits per heavy atom. The largest absolute Gasteiger partial charge is 0.573 e. The van der Waals surface area contributed by atoms with Gasteiger partial charge in [0.15, 0.2) is 0 Å². The minimum absolute atomic E-state index is 0.251. The third-order valence-corrected chi connectivity index (χ3v) is 4.79. The summed E-state index contributed by atoms with van der Waals surface area (Å²) in [6, 6.07) is 13.3. The van der Waals surface area contributed by atoms with E-state index in [1.807, 2.05) is 18.2 Å². The third-order valence-electron chi connectivity index (χ3n) is 4.79. The van der Waals surface area contributed by atoms with Crippen molar-refractivity contribution in [2.75, 3.05) is 20.3 Å². The fourth-order valence-electron chi connectivity index (χ4n) is 3.38. The van der Waals surface area contributed by atoms with Crippen LogP contribution < -0.4 is 14.2 Å². The molecule has 4 rings (SSSR count). The number of nitrogens with zero attached hydrogens (tertiary/aromatic N) is 3. The van der Waals surface area contributed by atoms with Gasteiger partial charge in [0, 0.05) is 30.9 Å². The second-order valence-corrected chi connectivity index (χ2v) is 6.97. The molecule has 0 bridgehead atoms. The fraction of sp³-hybridized carbons (Fsp3) is 0.273. The van der Waals surface area contributed by atoms with Gasteiger partial charge in [-0.3, -0.25) is 4.90 Å². The number of hydrogen-bond donors (Lipinski definition) is 0. The van der Waals surface area contributed by atoms with E-state index in [0.717, 1.165) is 22.4 Å². The number of halogens is 3. The van der Waals surface area contributed by atoms with Crippen LogP contribution in [-0.4, -0.2) is 41.5 Å². The van der Waals surface area contributed by atoms with E-state index >= 15 is 0 Å². The van der Waals surface area contributed by atoms with Gasteiger partial charge in [-0.05, 0) is 35.4 Å². The molecule has 0 radical (unpaired) electrons. The summed E-state index contributed by atoms with van der Waals surface area (Å²) in [7, 11) is 1.56. The van der Waals surface area contributed by atoms with Crippen LogP contribution in [0.15, 0.2) is 54.7 Å². The number of hydrogen-bond acceptors (Lipinski definition) is 6. The van der Waals surface area contributed by atoms with Crippen molar-refractivity contribution in [2.24, 2.45) is 0 Å². The number of ether oxygens (including phenoxy) is 3. The molecule has 0 saturated carbocycles. The van der Waals surface area contributed by atoms with Crippen LogP contribution in [-0.2, 0) is 13.1 Å². The molecular weight excluding hydrogens is 411 g/mol. The average molecular weight is 431 g/mol. The van der Waals surface area contributed by atoms with Gasteiger partial charge in [-0.25, -0.2) is 4.98 Å². The molecule has 3 aromatic rings. The lowest BCUT2D eigenvalue weighted by Gasteiger charge is -2.18. The first-order valence-corrected chi connectivity index (χ1v) is 9.60. The zero-order chi connectivity index (χ0) is 21.8. The number of aromatic nitrogens is 2. The summed E-state index contributed by atoms with van der Waals surface area (Å²) in [6.07, 6.45) is -3.05. The van der Waals surface area contributed by atoms with Crippen LogP contribution in [0.5, 0.6) is 17.4 Å². The van der Waals surface area contributed by atoms with Crippen molar-refractivity contribution in [3.05, 3.63) is 66.1 Å². The van der Waals surface area contributed by atoms with E-state index < -0.39 is 6.36 Å². The lowest BCUT2D eigenvalue weighted by molar-refractivity contribution is -0.274. The van der Waals surface area contributed by atoms with E-state index in [0.29, 0.717) is 37.9 Å². The Hall–Kier alpha value is -3.33. The summed E-state index contributed by atoms with van der Waals surface area (Å²) in [4.78, 5) is 10.8. The second kappa shape index (κ2) is 8.81. The first kappa shape index (κ1) is 20.9. The van der Waals surface area contributed by atoms with Gasteiger partial charge in [0.25, 0.3) is 0 Å². The van der Waals surface area contributed by atoms with Crippen molar-refractivity contribution < 1.29 is 27.4 Å². The highest BCUT2D eigenvalue weighted by molar-refractivity contribution is 5.66. The summed E-state index contributed by atoms with van der Waals surface area (Å²) in [5, 5.41) is 0. The van der Waals surface area contributed by atoms with Gasteiger partial charge in [-0.1, -0.05) is 18.2 Å². The van der Waals surface area contributed by atoms with E-state index in [2.05, 4.69) is 19.6 Å². The second-order valence-electron chi connectivity index (χ2n) is 6.97. The first-order chi connectivity index (χ1) is 14.9. The molecular formula is C22H20F3N3O3. The number of methoxy groups -OCH3 is 1. The quantitative estimate of drug-likeness (QED) is 0.595. The minimum atomic E-state index is -4.71. The van der Waals surface area contributed by atoms with Crippen LogP contribution in [0, 0.1) is 0 Å². The molecule has 9 heteroatoms. The van der Waals surface area contributed by atoms with E-state index in [4.69, 9.17) is 9.47 Å². The number of benzene rings is 2. The number of rotatable bonds is 5. The van der Waals surface area contributed by atoms with Crippen molar-refractivity contribution in [1.82, 2.24) is 14.9 Å². The van der Waals surface area contributed by atoms with Crippen molar-refractivity contribution in [1.29, 1.82) is 0 Å². The number of fused-ring (bicyclic) bond motifs is 1. The van der Waals surface area contributed by atoms with Crippen LogP contribution in [0.4, 0.5) is 13.2 Å². The summed E-state index contributed by atoms with van der Waals surface area (Å²) in [6.45, 7) is 2.39. The van der Waals surface area contributed by atoms with Gasteiger partial charge in [0.05, 0.1) is 13.7 Å². The van der Waals surface area contributed by atoms with Crippen LogP contribution in [0.25, 0.3) is 11.1 Å². The maximum absolute atomic E-state index is 12.4. The Morgan fingerprint density at radius 3 is 2.58 bits per heavy atom. The van der Waals surface area contributed by atoms with E-state index in [-0.39, 0.29) is 5.75 Å². The van der Waals surface area contributed by atoms with E-state index in [1.54, 1.807) is 31.5 Å². The molecule has 0 saturated heterocycles. The van der Waals surface area contributed by atoms with Gasteiger partial charge in [-0.2, -0.15) is 4.98 Å². The predicted octanol–water partition coefficient (Wildman–Crippen LogP) is 4.45. The summed E-state index contributed by atoms with van der Waals surface area (Å²) < 4.78 is 52.1. The molecule has 0 spiro atoms. The Balaban J connectivity index is 1.52. The van der Waals surface area contributed by atoms with Gasteiger partial charge >= 0.3 is 6.36 Å². The SMILES string of the molecule is COc1ccnc(CN2CCOc3ccc(-c4ccc(OC(F)(F)F)cc4)cc3C2)n1. The van der Waals surface area contributed by atoms with Gasteiger partial charge in [0.2, 0.25) is 5.88 Å². The maximum Gasteiger partial charge on any atom is 0.573 e. The highest BCUT2D eigenvalue weighted by atomic mass is 19.4. The monoisotopic (exact) mass is 431 g/mol. The molecule has 0 unspecified atom stereocenters. The minimum Gasteiger partial charge on any atom is -0.492 e. The highest BCUT2D eigenvalue weighted by Crippen LogP contribution is 2.31. The Morgan fingerprint density at radius 1 is 1.06 bits per heavy atom. The summed E-state index contributed by atoms with van der Waals surface area (Å²) >= 11 is 0. The molecule has 1 aromatic heterocycles. The third kappa shape index (κ3) is 5.43. The lowest BCUT2D eigenvalue weighted by Crippen LogP contribution is -2.26. The Bertz CT molecular complexity index is 1040. The van der Waals surface area contributed by atoms with Crippen LogP contribution >= 0.6 is 0 Å². The molecule has 0 amide bonds. The molecule has 0 N–H and O–H groups in total. The normalized spacial score (nSPS) is 14.3. The van der Waals surface area contributed by atoms with Crippen LogP contribution in [0.1, 0.15) is 11.4 Å². The topological polar surface area (TPSA) is 56.7 Å². The van der Waals surface area contributed by atoms with Crippen LogP contribution in [0.3, 0.4) is 0 Å². The summed E-state index contributed by atoms with van der Waals surface area (Å²) in [5.41, 5.74) is 2.64. The van der Waals surface area contributed by atoms with Crippen molar-refractivity contribution in [2.45, 2.75) is 19.5 Å². The molecule has 1 aliphatic rings. The van der Waals surface area contributed by atoms with Crippen LogP contribution in [0.2, 0.25) is 0 Å². The van der Waals surface area contributed by atoms with Crippen molar-refractivity contribution in [3.63, 3.8) is 0 Å². The molecule has 1 aliphatic heterocycles. The molecule has 0 fully saturated rings. The standard InChI is InChI=1S/C22H20F3N3O3/c1-29-21-8-9-26-20(27-21)14-28-10-11-30-19-7-4-16(12-17(19)13-28)15-2-5-18(6-3-15)31-22(23,24)25/h2-9,12H,10-11,13-14H2,1H3. The van der Waals surface area contributed by atoms with Gasteiger partial charge < -0.3 is 14.2 Å². The fourth-order valence-corrected chi connectivity index (χ4v) is 3.38. The van der Waals surface area contributed by atoms with Crippen molar-refractivity contribution in [3.8, 4) is 28.5 Å². The van der Waals surface area contributed by atoms with E-state index in [9.17, 15) is 13.2 Å². The molecule has 0 atom stereocenters. The molecule has 2 heterocycles. The van der Waals surface area contributed by atoms with Gasteiger partial charge in [0.1, 0.15) is 23.9 Å². The highest BCUT2D eigenvalue weighted by Gasteiger charge is 2.31. The smallest absolute Gasteiger partial charge is 0.492 e. The zero-order valence-corrected chi connectivity index (χ0v) is 16.7. The van der Waals surface area contributed by atoms with Gasteiger partial charge in [-0.15, -0.1) is 13.2 Å². The average Bonchev–Trinajstić information content (AvgIpc) is 2.94. The molecule has 0 aliphatic carbocycles. The zero-order valence-electron chi connectivity index (χ0n) is 16.7. The Kier molecular flexibility index (Phi) is 5.94. The number of alkyl halides is 3. The van der Waals surface area contributed by atoms with E-state index in [1.165, 1.54) is 12.1 Å². The maximum atomic E-state index is 12.4. The summed E-state index contributed by atoms with van der Waals surface area (Å²) in [5.74, 6) is 1.70.